The molecule has 0 radical (unpaired) electrons. The Balaban J connectivity index is 2.58. The van der Waals surface area contributed by atoms with Crippen LogP contribution < -0.4 is 5.32 Å². The first-order chi connectivity index (χ1) is 8.02. The maximum absolute atomic E-state index is 11.8. The van der Waals surface area contributed by atoms with Crippen molar-refractivity contribution >= 4 is 17.5 Å². The molecule has 1 rings (SSSR count). The molecule has 0 saturated carbocycles. The maximum atomic E-state index is 11.8. The van der Waals surface area contributed by atoms with Gasteiger partial charge in [-0.1, -0.05) is 18.5 Å². The fourth-order valence-electron chi connectivity index (χ4n) is 1.56. The van der Waals surface area contributed by atoms with E-state index in [1.165, 1.54) is 0 Å². The quantitative estimate of drug-likeness (QED) is 0.849. The van der Waals surface area contributed by atoms with E-state index in [-0.39, 0.29) is 18.4 Å². The first kappa shape index (κ1) is 14.0. The minimum absolute atomic E-state index is 0.125. The van der Waals surface area contributed by atoms with E-state index in [0.29, 0.717) is 23.6 Å². The van der Waals surface area contributed by atoms with Crippen molar-refractivity contribution in [1.82, 2.24) is 5.32 Å². The Morgan fingerprint density at radius 3 is 2.76 bits per heavy atom. The first-order valence-electron chi connectivity index (χ1n) is 5.69. The van der Waals surface area contributed by atoms with Crippen molar-refractivity contribution in [3.05, 3.63) is 34.3 Å². The molecule has 3 nitrogen and oxygen atoms in total. The van der Waals surface area contributed by atoms with Crippen LogP contribution in [0.25, 0.3) is 0 Å². The highest BCUT2D eigenvalue weighted by molar-refractivity contribution is 6.31. The molecule has 0 saturated heterocycles. The lowest BCUT2D eigenvalue weighted by atomic mass is 10.1. The third-order valence-electron chi connectivity index (χ3n) is 2.54. The standard InChI is InChI=1S/C13H18ClNO2/c1-9(3-4-16)8-15-13(17)11-5-10(2)6-12(14)7-11/h5-7,9,16H,3-4,8H2,1-2H3,(H,15,17). The fraction of sp³-hybridized carbons (Fsp3) is 0.462. The molecule has 0 bridgehead atoms. The molecule has 0 aliphatic heterocycles. The third kappa shape index (κ3) is 4.75. The number of hydrogen-bond acceptors (Lipinski definition) is 2. The molecule has 0 aliphatic carbocycles. The molecular formula is C13H18ClNO2. The summed E-state index contributed by atoms with van der Waals surface area (Å²) in [5.41, 5.74) is 1.54. The largest absolute Gasteiger partial charge is 0.396 e. The van der Waals surface area contributed by atoms with Gasteiger partial charge in [-0.25, -0.2) is 0 Å². The highest BCUT2D eigenvalue weighted by Gasteiger charge is 2.08. The molecule has 1 amide bonds. The maximum Gasteiger partial charge on any atom is 0.251 e. The van der Waals surface area contributed by atoms with Crippen molar-refractivity contribution in [3.8, 4) is 0 Å². The molecule has 0 fully saturated rings. The van der Waals surface area contributed by atoms with Crippen LogP contribution in [-0.2, 0) is 0 Å². The zero-order valence-corrected chi connectivity index (χ0v) is 10.9. The number of benzene rings is 1. The molecule has 1 aromatic carbocycles. The van der Waals surface area contributed by atoms with E-state index >= 15 is 0 Å². The molecular weight excluding hydrogens is 238 g/mol. The minimum atomic E-state index is -0.125. The summed E-state index contributed by atoms with van der Waals surface area (Å²) in [6.07, 6.45) is 0.689. The van der Waals surface area contributed by atoms with Crippen molar-refractivity contribution in [3.63, 3.8) is 0 Å². The lowest BCUT2D eigenvalue weighted by Crippen LogP contribution is -2.28. The van der Waals surface area contributed by atoms with Gasteiger partial charge >= 0.3 is 0 Å². The Bertz CT molecular complexity index is 373. The molecule has 0 spiro atoms. The van der Waals surface area contributed by atoms with Gasteiger partial charge in [-0.3, -0.25) is 4.79 Å². The zero-order valence-electron chi connectivity index (χ0n) is 10.2. The first-order valence-corrected chi connectivity index (χ1v) is 6.07. The summed E-state index contributed by atoms with van der Waals surface area (Å²) in [5.74, 6) is 0.143. The van der Waals surface area contributed by atoms with Crippen LogP contribution in [0.5, 0.6) is 0 Å². The topological polar surface area (TPSA) is 49.3 Å². The number of amides is 1. The Hall–Kier alpha value is -1.06. The van der Waals surface area contributed by atoms with E-state index in [9.17, 15) is 4.79 Å². The van der Waals surface area contributed by atoms with E-state index in [4.69, 9.17) is 16.7 Å². The van der Waals surface area contributed by atoms with Crippen LogP contribution in [0, 0.1) is 12.8 Å². The highest BCUT2D eigenvalue weighted by Crippen LogP contribution is 2.14. The number of carbonyl (C=O) groups is 1. The van der Waals surface area contributed by atoms with Gasteiger partial charge in [0.2, 0.25) is 0 Å². The van der Waals surface area contributed by atoms with Gasteiger partial charge in [0.1, 0.15) is 0 Å². The van der Waals surface area contributed by atoms with E-state index in [1.807, 2.05) is 19.9 Å². The Kier molecular flexibility index (Phi) is 5.45. The van der Waals surface area contributed by atoms with Gasteiger partial charge in [0.05, 0.1) is 0 Å². The number of aliphatic hydroxyl groups is 1. The van der Waals surface area contributed by atoms with Crippen LogP contribution in [0.15, 0.2) is 18.2 Å². The van der Waals surface area contributed by atoms with Crippen LogP contribution >= 0.6 is 11.6 Å². The average molecular weight is 256 g/mol. The molecule has 94 valence electrons. The van der Waals surface area contributed by atoms with Crippen LogP contribution in [-0.4, -0.2) is 24.2 Å². The summed E-state index contributed by atoms with van der Waals surface area (Å²) >= 11 is 5.89. The van der Waals surface area contributed by atoms with Gasteiger partial charge in [0, 0.05) is 23.7 Å². The van der Waals surface area contributed by atoms with Crippen molar-refractivity contribution in [2.24, 2.45) is 5.92 Å². The second kappa shape index (κ2) is 6.62. The van der Waals surface area contributed by atoms with E-state index in [2.05, 4.69) is 5.32 Å². The van der Waals surface area contributed by atoms with E-state index in [1.54, 1.807) is 12.1 Å². The van der Waals surface area contributed by atoms with Gasteiger partial charge in [0.15, 0.2) is 0 Å². The number of carbonyl (C=O) groups excluding carboxylic acids is 1. The van der Waals surface area contributed by atoms with Gasteiger partial charge in [-0.2, -0.15) is 0 Å². The zero-order chi connectivity index (χ0) is 12.8. The summed E-state index contributed by atoms with van der Waals surface area (Å²) < 4.78 is 0. The summed E-state index contributed by atoms with van der Waals surface area (Å²) in [7, 11) is 0. The summed E-state index contributed by atoms with van der Waals surface area (Å²) in [5, 5.41) is 12.2. The fourth-order valence-corrected chi connectivity index (χ4v) is 1.85. The SMILES string of the molecule is Cc1cc(Cl)cc(C(=O)NCC(C)CCO)c1. The lowest BCUT2D eigenvalue weighted by Gasteiger charge is -2.11. The number of halogens is 1. The Labute approximate surface area is 107 Å². The van der Waals surface area contributed by atoms with Crippen LogP contribution in [0.3, 0.4) is 0 Å². The molecule has 1 atom stereocenters. The van der Waals surface area contributed by atoms with Crippen LogP contribution in [0.2, 0.25) is 5.02 Å². The molecule has 1 aromatic rings. The summed E-state index contributed by atoms with van der Waals surface area (Å²) in [4.78, 5) is 11.8. The van der Waals surface area contributed by atoms with Gasteiger partial charge in [-0.15, -0.1) is 0 Å². The summed E-state index contributed by atoms with van der Waals surface area (Å²) in [6.45, 7) is 4.59. The van der Waals surface area contributed by atoms with Crippen LogP contribution in [0.1, 0.15) is 29.3 Å². The Morgan fingerprint density at radius 1 is 1.47 bits per heavy atom. The van der Waals surface area contributed by atoms with Gasteiger partial charge in [-0.05, 0) is 43.0 Å². The minimum Gasteiger partial charge on any atom is -0.396 e. The van der Waals surface area contributed by atoms with Gasteiger partial charge < -0.3 is 10.4 Å². The number of nitrogens with one attached hydrogen (secondary N) is 1. The number of hydrogen-bond donors (Lipinski definition) is 2. The monoisotopic (exact) mass is 255 g/mol. The third-order valence-corrected chi connectivity index (χ3v) is 2.76. The van der Waals surface area contributed by atoms with E-state index < -0.39 is 0 Å². The highest BCUT2D eigenvalue weighted by atomic mass is 35.5. The number of aliphatic hydroxyl groups excluding tert-OH is 1. The number of aryl methyl sites for hydroxylation is 1. The van der Waals surface area contributed by atoms with Crippen LogP contribution in [0.4, 0.5) is 0 Å². The van der Waals surface area contributed by atoms with E-state index in [0.717, 1.165) is 5.56 Å². The normalized spacial score (nSPS) is 12.2. The molecule has 0 aromatic heterocycles. The van der Waals surface area contributed by atoms with Crippen molar-refractivity contribution in [1.29, 1.82) is 0 Å². The second-order valence-corrected chi connectivity index (χ2v) is 4.78. The smallest absolute Gasteiger partial charge is 0.251 e. The average Bonchev–Trinajstić information content (AvgIpc) is 2.25. The molecule has 0 heterocycles. The second-order valence-electron chi connectivity index (χ2n) is 4.34. The van der Waals surface area contributed by atoms with Crippen molar-refractivity contribution in [2.75, 3.05) is 13.2 Å². The molecule has 4 heteroatoms. The number of rotatable bonds is 5. The van der Waals surface area contributed by atoms with Gasteiger partial charge in [0.25, 0.3) is 5.91 Å². The lowest BCUT2D eigenvalue weighted by molar-refractivity contribution is 0.0945. The summed E-state index contributed by atoms with van der Waals surface area (Å²) in [6, 6.07) is 5.27. The molecule has 1 unspecified atom stereocenters. The molecule has 17 heavy (non-hydrogen) atoms. The molecule has 2 N–H and O–H groups in total. The molecule has 0 aliphatic rings. The van der Waals surface area contributed by atoms with Crippen molar-refractivity contribution < 1.29 is 9.90 Å². The predicted octanol–water partition coefficient (Wildman–Crippen LogP) is 2.40. The van der Waals surface area contributed by atoms with Crippen molar-refractivity contribution in [2.45, 2.75) is 20.3 Å². The Morgan fingerprint density at radius 2 is 2.18 bits per heavy atom. The predicted molar refractivity (Wildman–Crippen MR) is 69.4 cm³/mol.